The molecule has 1 saturated carbocycles. The van der Waals surface area contributed by atoms with Crippen LogP contribution in [0.25, 0.3) is 0 Å². The Morgan fingerprint density at radius 3 is 2.71 bits per heavy atom. The molecule has 1 aliphatic carbocycles. The van der Waals surface area contributed by atoms with Crippen molar-refractivity contribution in [1.82, 2.24) is 24.7 Å². The van der Waals surface area contributed by atoms with Gasteiger partial charge in [-0.2, -0.15) is 0 Å². The summed E-state index contributed by atoms with van der Waals surface area (Å²) in [6.45, 7) is 4.79. The van der Waals surface area contributed by atoms with Crippen LogP contribution in [0.3, 0.4) is 0 Å². The maximum Gasteiger partial charge on any atom is 0.191 e. The Morgan fingerprint density at radius 1 is 1.21 bits per heavy atom. The van der Waals surface area contributed by atoms with Crippen LogP contribution in [0, 0.1) is 13.8 Å². The zero-order valence-corrected chi connectivity index (χ0v) is 15.6. The average molecular weight is 347 g/mol. The standard InChI is InChI=1S/C17H26N6S/c1-12-11-15(20-13(2)19-12)18-10-6-9-16-21-22-17(24-3)23(16)14-7-4-5-8-14/h11,14H,4-10H2,1-3H3,(H,18,19,20). The molecular weight excluding hydrogens is 320 g/mol. The van der Waals surface area contributed by atoms with Gasteiger partial charge in [-0.05, 0) is 39.4 Å². The number of nitrogens with one attached hydrogen (secondary N) is 1. The predicted octanol–water partition coefficient (Wildman–Crippen LogP) is 3.57. The number of aryl methyl sites for hydroxylation is 3. The van der Waals surface area contributed by atoms with Crippen molar-refractivity contribution in [3.05, 3.63) is 23.4 Å². The molecular formula is C17H26N6S. The van der Waals surface area contributed by atoms with Gasteiger partial charge in [0.15, 0.2) is 5.16 Å². The van der Waals surface area contributed by atoms with E-state index in [2.05, 4.69) is 36.3 Å². The minimum atomic E-state index is 0.595. The summed E-state index contributed by atoms with van der Waals surface area (Å²) in [5.74, 6) is 2.84. The van der Waals surface area contributed by atoms with Gasteiger partial charge in [0.05, 0.1) is 0 Å². The van der Waals surface area contributed by atoms with E-state index >= 15 is 0 Å². The summed E-state index contributed by atoms with van der Waals surface area (Å²) in [5, 5.41) is 13.3. The number of aromatic nitrogens is 5. The highest BCUT2D eigenvalue weighted by Crippen LogP contribution is 2.33. The van der Waals surface area contributed by atoms with Gasteiger partial charge in [0.2, 0.25) is 0 Å². The lowest BCUT2D eigenvalue weighted by atomic mass is 10.2. The van der Waals surface area contributed by atoms with E-state index in [9.17, 15) is 0 Å². The van der Waals surface area contributed by atoms with Crippen LogP contribution in [0.4, 0.5) is 5.82 Å². The van der Waals surface area contributed by atoms with E-state index < -0.39 is 0 Å². The number of rotatable bonds is 7. The van der Waals surface area contributed by atoms with Crippen molar-refractivity contribution in [2.24, 2.45) is 0 Å². The number of hydrogen-bond acceptors (Lipinski definition) is 6. The van der Waals surface area contributed by atoms with Crippen LogP contribution < -0.4 is 5.32 Å². The van der Waals surface area contributed by atoms with Gasteiger partial charge in [0, 0.05) is 30.8 Å². The molecule has 6 nitrogen and oxygen atoms in total. The van der Waals surface area contributed by atoms with Crippen molar-refractivity contribution in [3.63, 3.8) is 0 Å². The molecule has 24 heavy (non-hydrogen) atoms. The molecule has 0 saturated heterocycles. The maximum atomic E-state index is 4.44. The number of nitrogens with zero attached hydrogens (tertiary/aromatic N) is 5. The first kappa shape index (κ1) is 17.2. The van der Waals surface area contributed by atoms with E-state index in [-0.39, 0.29) is 0 Å². The van der Waals surface area contributed by atoms with E-state index in [1.54, 1.807) is 11.8 Å². The summed E-state index contributed by atoms with van der Waals surface area (Å²) >= 11 is 1.70. The molecule has 7 heteroatoms. The third kappa shape index (κ3) is 4.06. The lowest BCUT2D eigenvalue weighted by Crippen LogP contribution is -2.12. The molecule has 1 aliphatic rings. The summed E-state index contributed by atoms with van der Waals surface area (Å²) in [4.78, 5) is 8.72. The normalized spacial score (nSPS) is 15.1. The molecule has 0 aromatic carbocycles. The van der Waals surface area contributed by atoms with Crippen LogP contribution in [-0.4, -0.2) is 37.5 Å². The molecule has 1 fully saturated rings. The highest BCUT2D eigenvalue weighted by Gasteiger charge is 2.23. The fourth-order valence-corrected chi connectivity index (χ4v) is 3.99. The lowest BCUT2D eigenvalue weighted by molar-refractivity contribution is 0.461. The van der Waals surface area contributed by atoms with Gasteiger partial charge in [0.25, 0.3) is 0 Å². The van der Waals surface area contributed by atoms with E-state index in [1.807, 2.05) is 19.9 Å². The topological polar surface area (TPSA) is 68.5 Å². The highest BCUT2D eigenvalue weighted by molar-refractivity contribution is 7.98. The number of anilines is 1. The molecule has 1 N–H and O–H groups in total. The molecule has 3 rings (SSSR count). The Balaban J connectivity index is 1.57. The van der Waals surface area contributed by atoms with E-state index in [1.165, 1.54) is 25.7 Å². The van der Waals surface area contributed by atoms with Crippen LogP contribution in [0.2, 0.25) is 0 Å². The maximum absolute atomic E-state index is 4.44. The second-order valence-electron chi connectivity index (χ2n) is 6.38. The summed E-state index contributed by atoms with van der Waals surface area (Å²) in [5.41, 5.74) is 0.996. The molecule has 130 valence electrons. The SMILES string of the molecule is CSc1nnc(CCCNc2cc(C)nc(C)n2)n1C1CCCC1. The minimum Gasteiger partial charge on any atom is -0.370 e. The second kappa shape index (κ2) is 7.96. The van der Waals surface area contributed by atoms with Crippen molar-refractivity contribution >= 4 is 17.6 Å². The zero-order valence-electron chi connectivity index (χ0n) is 14.7. The van der Waals surface area contributed by atoms with Crippen LogP contribution in [-0.2, 0) is 6.42 Å². The van der Waals surface area contributed by atoms with Gasteiger partial charge in [0.1, 0.15) is 17.5 Å². The minimum absolute atomic E-state index is 0.595. The van der Waals surface area contributed by atoms with E-state index in [0.29, 0.717) is 6.04 Å². The van der Waals surface area contributed by atoms with Gasteiger partial charge >= 0.3 is 0 Å². The molecule has 2 aromatic heterocycles. The second-order valence-corrected chi connectivity index (χ2v) is 7.16. The van der Waals surface area contributed by atoms with Crippen molar-refractivity contribution in [2.75, 3.05) is 18.1 Å². The number of hydrogen-bond donors (Lipinski definition) is 1. The van der Waals surface area contributed by atoms with Crippen molar-refractivity contribution in [1.29, 1.82) is 0 Å². The first-order valence-electron chi connectivity index (χ1n) is 8.71. The Bertz CT molecular complexity index is 657. The van der Waals surface area contributed by atoms with Crippen molar-refractivity contribution in [3.8, 4) is 0 Å². The van der Waals surface area contributed by atoms with Crippen molar-refractivity contribution < 1.29 is 0 Å². The Kier molecular flexibility index (Phi) is 5.71. The monoisotopic (exact) mass is 346 g/mol. The van der Waals surface area contributed by atoms with Crippen LogP contribution in [0.15, 0.2) is 11.2 Å². The van der Waals surface area contributed by atoms with Gasteiger partial charge in [-0.3, -0.25) is 0 Å². The smallest absolute Gasteiger partial charge is 0.191 e. The zero-order chi connectivity index (χ0) is 16.9. The molecule has 0 spiro atoms. The predicted molar refractivity (Wildman–Crippen MR) is 97.6 cm³/mol. The average Bonchev–Trinajstić information content (AvgIpc) is 3.19. The van der Waals surface area contributed by atoms with Crippen LogP contribution >= 0.6 is 11.8 Å². The third-order valence-electron chi connectivity index (χ3n) is 4.46. The Labute approximate surface area is 147 Å². The first-order valence-corrected chi connectivity index (χ1v) is 9.94. The van der Waals surface area contributed by atoms with Crippen LogP contribution in [0.5, 0.6) is 0 Å². The summed E-state index contributed by atoms with van der Waals surface area (Å²) in [6, 6.07) is 2.58. The van der Waals surface area contributed by atoms with Gasteiger partial charge in [-0.15, -0.1) is 10.2 Å². The molecule has 0 radical (unpaired) electrons. The molecule has 2 aromatic rings. The molecule has 2 heterocycles. The van der Waals surface area contributed by atoms with Gasteiger partial charge in [-0.25, -0.2) is 9.97 Å². The van der Waals surface area contributed by atoms with Gasteiger partial charge < -0.3 is 9.88 Å². The summed E-state index contributed by atoms with van der Waals surface area (Å²) in [7, 11) is 0. The quantitative estimate of drug-likeness (QED) is 0.610. The summed E-state index contributed by atoms with van der Waals surface area (Å²) < 4.78 is 2.39. The largest absolute Gasteiger partial charge is 0.370 e. The molecule has 0 unspecified atom stereocenters. The van der Waals surface area contributed by atoms with E-state index in [4.69, 9.17) is 0 Å². The Hall–Kier alpha value is -1.63. The fraction of sp³-hybridized carbons (Fsp3) is 0.647. The molecule has 0 aliphatic heterocycles. The lowest BCUT2D eigenvalue weighted by Gasteiger charge is -2.16. The van der Waals surface area contributed by atoms with Gasteiger partial charge in [-0.1, -0.05) is 24.6 Å². The summed E-state index contributed by atoms with van der Waals surface area (Å²) in [6.07, 6.45) is 9.21. The molecule has 0 amide bonds. The van der Waals surface area contributed by atoms with Crippen LogP contribution in [0.1, 0.15) is 55.5 Å². The highest BCUT2D eigenvalue weighted by atomic mass is 32.2. The van der Waals surface area contributed by atoms with Crippen molar-refractivity contribution in [2.45, 2.75) is 63.6 Å². The third-order valence-corrected chi connectivity index (χ3v) is 5.10. The fourth-order valence-electron chi connectivity index (χ4n) is 3.42. The first-order chi connectivity index (χ1) is 11.7. The molecule has 0 bridgehead atoms. The van der Waals surface area contributed by atoms with E-state index in [0.717, 1.165) is 47.7 Å². The Morgan fingerprint density at radius 2 is 2.00 bits per heavy atom. The molecule has 0 atom stereocenters. The number of thioether (sulfide) groups is 1.